The van der Waals surface area contributed by atoms with E-state index in [9.17, 15) is 14.7 Å². The van der Waals surface area contributed by atoms with Crippen molar-refractivity contribution in [1.82, 2.24) is 10.2 Å². The molecule has 1 fully saturated rings. The molecule has 0 radical (unpaired) electrons. The number of benzene rings is 4. The Balaban J connectivity index is 1.42. The van der Waals surface area contributed by atoms with Crippen molar-refractivity contribution in [3.8, 4) is 11.5 Å². The lowest BCUT2D eigenvalue weighted by Crippen LogP contribution is -2.29. The van der Waals surface area contributed by atoms with E-state index >= 15 is 0 Å². The molecular formula is C34H29N3O5S2. The van der Waals surface area contributed by atoms with Gasteiger partial charge in [0.05, 0.1) is 25.8 Å². The number of aliphatic hydroxyl groups is 1. The van der Waals surface area contributed by atoms with Gasteiger partial charge in [0.2, 0.25) is 5.13 Å². The van der Waals surface area contributed by atoms with Crippen molar-refractivity contribution in [2.75, 3.05) is 19.1 Å². The number of ketones is 1. The number of amides is 1. The molecular weight excluding hydrogens is 595 g/mol. The molecule has 2 heterocycles. The molecule has 8 nitrogen and oxygen atoms in total. The summed E-state index contributed by atoms with van der Waals surface area (Å²) in [5.41, 5.74) is 3.84. The maximum absolute atomic E-state index is 13.7. The average Bonchev–Trinajstić information content (AvgIpc) is 3.62. The second-order valence-corrected chi connectivity index (χ2v) is 12.6. The zero-order valence-corrected chi connectivity index (χ0v) is 26.2. The first-order chi connectivity index (χ1) is 21.3. The van der Waals surface area contributed by atoms with Crippen molar-refractivity contribution in [2.24, 2.45) is 0 Å². The Bertz CT molecular complexity index is 1950. The number of Topliss-reactive ketones (excluding diaryl/α,β-unsaturated/α-hetero) is 1. The summed E-state index contributed by atoms with van der Waals surface area (Å²) in [6, 6.07) is 24.2. The number of thioether (sulfide) groups is 1. The highest BCUT2D eigenvalue weighted by Gasteiger charge is 2.48. The minimum atomic E-state index is -0.974. The molecule has 6 rings (SSSR count). The van der Waals surface area contributed by atoms with Gasteiger partial charge in [-0.15, -0.1) is 10.2 Å². The van der Waals surface area contributed by atoms with Crippen molar-refractivity contribution < 1.29 is 24.2 Å². The molecule has 0 aliphatic carbocycles. The van der Waals surface area contributed by atoms with E-state index in [-0.39, 0.29) is 16.5 Å². The van der Waals surface area contributed by atoms with Crippen molar-refractivity contribution in [2.45, 2.75) is 30.0 Å². The van der Waals surface area contributed by atoms with Gasteiger partial charge in [0.15, 0.2) is 15.8 Å². The van der Waals surface area contributed by atoms with Gasteiger partial charge in [-0.25, -0.2) is 0 Å². The Morgan fingerprint density at radius 1 is 0.932 bits per heavy atom. The van der Waals surface area contributed by atoms with Gasteiger partial charge in [-0.1, -0.05) is 89.3 Å². The fourth-order valence-electron chi connectivity index (χ4n) is 5.42. The van der Waals surface area contributed by atoms with Crippen LogP contribution in [0.4, 0.5) is 5.13 Å². The van der Waals surface area contributed by atoms with Gasteiger partial charge in [-0.3, -0.25) is 14.5 Å². The fraction of sp³-hybridized carbons (Fsp3) is 0.176. The number of rotatable bonds is 8. The molecule has 222 valence electrons. The second kappa shape index (κ2) is 12.1. The van der Waals surface area contributed by atoms with Crippen molar-refractivity contribution >= 4 is 56.5 Å². The zero-order chi connectivity index (χ0) is 31.0. The number of hydrogen-bond donors (Lipinski definition) is 1. The maximum Gasteiger partial charge on any atom is 0.301 e. The van der Waals surface area contributed by atoms with Gasteiger partial charge in [-0.2, -0.15) is 0 Å². The number of hydrogen-bond acceptors (Lipinski definition) is 9. The van der Waals surface area contributed by atoms with Gasteiger partial charge in [0.25, 0.3) is 5.78 Å². The number of methoxy groups -OCH3 is 2. The number of anilines is 1. The van der Waals surface area contributed by atoms with E-state index in [0.29, 0.717) is 32.7 Å². The smallest absolute Gasteiger partial charge is 0.301 e. The summed E-state index contributed by atoms with van der Waals surface area (Å²) in [4.78, 5) is 28.7. The predicted octanol–water partition coefficient (Wildman–Crippen LogP) is 7.24. The topological polar surface area (TPSA) is 102 Å². The number of fused-ring (bicyclic) bond motifs is 1. The first kappa shape index (κ1) is 29.4. The molecule has 10 heteroatoms. The molecule has 1 N–H and O–H groups in total. The number of carbonyl (C=O) groups excluding carboxylic acids is 2. The third-order valence-electron chi connectivity index (χ3n) is 7.65. The van der Waals surface area contributed by atoms with Gasteiger partial charge in [-0.05, 0) is 59.5 Å². The lowest BCUT2D eigenvalue weighted by atomic mass is 9.93. The van der Waals surface area contributed by atoms with Crippen LogP contribution >= 0.6 is 23.1 Å². The van der Waals surface area contributed by atoms with Crippen LogP contribution in [0.5, 0.6) is 11.5 Å². The van der Waals surface area contributed by atoms with Crippen LogP contribution in [0.25, 0.3) is 16.5 Å². The van der Waals surface area contributed by atoms with Gasteiger partial charge in [0.1, 0.15) is 5.76 Å². The summed E-state index contributed by atoms with van der Waals surface area (Å²) in [7, 11) is 3.04. The Hall–Kier alpha value is -4.67. The number of ether oxygens (including phenoxy) is 2. The van der Waals surface area contributed by atoms with Crippen LogP contribution in [-0.4, -0.2) is 41.2 Å². The molecule has 1 aliphatic rings. The molecule has 1 atom stereocenters. The molecule has 1 aromatic heterocycles. The quantitative estimate of drug-likeness (QED) is 0.0635. The van der Waals surface area contributed by atoms with Crippen LogP contribution in [0.3, 0.4) is 0 Å². The van der Waals surface area contributed by atoms with E-state index < -0.39 is 17.7 Å². The van der Waals surface area contributed by atoms with Crippen LogP contribution in [0, 0.1) is 13.8 Å². The molecule has 5 aromatic rings. The van der Waals surface area contributed by atoms with Crippen LogP contribution in [-0.2, 0) is 15.3 Å². The molecule has 1 unspecified atom stereocenters. The number of nitrogens with zero attached hydrogens (tertiary/aromatic N) is 3. The standard InChI is InChI=1S/C34H29N3O5S2/c1-19-12-13-20(2)25(16-19)30(38)28-29(22-14-15-26(41-3)27(17-22)42-4)37(32(40)31(28)39)33-35-36-34(44-33)43-18-23-10-7-9-21-8-5-6-11-24(21)23/h5-17,29,38H,18H2,1-4H3/b30-28+. The third kappa shape index (κ3) is 5.31. The monoisotopic (exact) mass is 623 g/mol. The van der Waals surface area contributed by atoms with Crippen LogP contribution < -0.4 is 14.4 Å². The third-order valence-corrected chi connectivity index (χ3v) is 9.75. The summed E-state index contributed by atoms with van der Waals surface area (Å²) in [6.45, 7) is 3.75. The molecule has 1 saturated heterocycles. The van der Waals surface area contributed by atoms with E-state index in [1.807, 2.05) is 44.2 Å². The normalized spacial score (nSPS) is 16.1. The Kier molecular flexibility index (Phi) is 8.11. The molecule has 4 aromatic carbocycles. The van der Waals surface area contributed by atoms with Crippen LogP contribution in [0.2, 0.25) is 0 Å². The van der Waals surface area contributed by atoms with Crippen molar-refractivity contribution in [3.63, 3.8) is 0 Å². The first-order valence-corrected chi connectivity index (χ1v) is 15.6. The highest BCUT2D eigenvalue weighted by molar-refractivity contribution is 8.00. The summed E-state index contributed by atoms with van der Waals surface area (Å²) in [5.74, 6) is -0.277. The van der Waals surface area contributed by atoms with E-state index in [1.165, 1.54) is 42.2 Å². The average molecular weight is 624 g/mol. The SMILES string of the molecule is COc1ccc(C2/C(=C(\O)c3cc(C)ccc3C)C(=O)C(=O)N2c2nnc(SCc3cccc4ccccc34)s2)cc1OC. The van der Waals surface area contributed by atoms with E-state index in [0.717, 1.165) is 27.5 Å². The predicted molar refractivity (Wildman–Crippen MR) is 174 cm³/mol. The molecule has 0 spiro atoms. The molecule has 0 bridgehead atoms. The Labute approximate surface area is 263 Å². The Morgan fingerprint density at radius 2 is 1.70 bits per heavy atom. The number of aryl methyl sites for hydroxylation is 2. The van der Waals surface area contributed by atoms with Crippen molar-refractivity contribution in [1.29, 1.82) is 0 Å². The zero-order valence-electron chi connectivity index (χ0n) is 24.5. The molecule has 1 amide bonds. The van der Waals surface area contributed by atoms with Crippen LogP contribution in [0.15, 0.2) is 88.8 Å². The van der Waals surface area contributed by atoms with Gasteiger partial charge >= 0.3 is 5.91 Å². The largest absolute Gasteiger partial charge is 0.507 e. The number of aliphatic hydroxyl groups excluding tert-OH is 1. The van der Waals surface area contributed by atoms with E-state index in [2.05, 4.69) is 34.5 Å². The summed E-state index contributed by atoms with van der Waals surface area (Å²) in [5, 5.41) is 22.9. The molecule has 1 aliphatic heterocycles. The second-order valence-electron chi connectivity index (χ2n) is 10.4. The van der Waals surface area contributed by atoms with E-state index in [1.54, 1.807) is 24.3 Å². The Morgan fingerprint density at radius 3 is 2.50 bits per heavy atom. The minimum Gasteiger partial charge on any atom is -0.507 e. The van der Waals surface area contributed by atoms with Crippen LogP contribution in [0.1, 0.15) is 33.9 Å². The van der Waals surface area contributed by atoms with Gasteiger partial charge < -0.3 is 14.6 Å². The van der Waals surface area contributed by atoms with Gasteiger partial charge in [0, 0.05) is 11.3 Å². The summed E-state index contributed by atoms with van der Waals surface area (Å²) >= 11 is 2.73. The lowest BCUT2D eigenvalue weighted by molar-refractivity contribution is -0.132. The lowest BCUT2D eigenvalue weighted by Gasteiger charge is -2.23. The summed E-state index contributed by atoms with van der Waals surface area (Å²) in [6.07, 6.45) is 0. The minimum absolute atomic E-state index is 0.0314. The molecule has 0 saturated carbocycles. The first-order valence-electron chi connectivity index (χ1n) is 13.8. The fourth-order valence-corrected chi connectivity index (χ4v) is 7.29. The maximum atomic E-state index is 13.7. The highest BCUT2D eigenvalue weighted by Crippen LogP contribution is 2.46. The highest BCUT2D eigenvalue weighted by atomic mass is 32.2. The number of aromatic nitrogens is 2. The molecule has 44 heavy (non-hydrogen) atoms. The number of carbonyl (C=O) groups is 2. The van der Waals surface area contributed by atoms with Crippen molar-refractivity contribution in [3.05, 3.63) is 112 Å². The van der Waals surface area contributed by atoms with E-state index in [4.69, 9.17) is 9.47 Å². The summed E-state index contributed by atoms with van der Waals surface area (Å²) < 4.78 is 11.6.